The molecule has 0 radical (unpaired) electrons. The Hall–Kier alpha value is -0.441. The van der Waals surface area contributed by atoms with Crippen LogP contribution in [0, 0.1) is 0 Å². The Kier molecular flexibility index (Phi) is 7.33. The van der Waals surface area contributed by atoms with E-state index < -0.39 is 18.4 Å². The van der Waals surface area contributed by atoms with E-state index in [1.807, 2.05) is 0 Å². The van der Waals surface area contributed by atoms with Gasteiger partial charge in [-0.15, -0.1) is 0 Å². The summed E-state index contributed by atoms with van der Waals surface area (Å²) in [6.45, 7) is 7.06. The topological polar surface area (TPSA) is 15.8 Å². The second-order valence-corrected chi connectivity index (χ2v) is 20.1. The molecule has 0 aliphatic rings. The van der Waals surface area contributed by atoms with Crippen molar-refractivity contribution in [3.8, 4) is 0 Å². The SMILES string of the molecule is CCC[CH2][Sn]([CH2]CCC)([CH2]CCC)[c]1ccc2[nH]ccc2c1. The molecule has 1 aromatic carbocycles. The Morgan fingerprint density at radius 3 is 1.95 bits per heavy atom. The van der Waals surface area contributed by atoms with Crippen LogP contribution in [-0.2, 0) is 0 Å². The minimum atomic E-state index is -2.23. The standard InChI is InChI=1S/C8H6N.3C4H9.Sn/c1-2-4-8-7(3-1)5-6-9-8;3*1-3-4-2;/h2-6,9H;3*1,3-4H2,2H3;. The van der Waals surface area contributed by atoms with Crippen LogP contribution < -0.4 is 3.58 Å². The van der Waals surface area contributed by atoms with Crippen LogP contribution in [0.25, 0.3) is 10.9 Å². The minimum absolute atomic E-state index is 1.30. The molecule has 2 rings (SSSR count). The van der Waals surface area contributed by atoms with E-state index in [2.05, 4.69) is 56.2 Å². The zero-order valence-corrected chi connectivity index (χ0v) is 17.6. The summed E-state index contributed by atoms with van der Waals surface area (Å²) in [6.07, 6.45) is 10.4. The fraction of sp³-hybridized carbons (Fsp3) is 0.600. The average molecular weight is 406 g/mol. The van der Waals surface area contributed by atoms with Crippen LogP contribution >= 0.6 is 0 Å². The van der Waals surface area contributed by atoms with Gasteiger partial charge in [0.15, 0.2) is 0 Å². The van der Waals surface area contributed by atoms with E-state index in [0.717, 1.165) is 0 Å². The van der Waals surface area contributed by atoms with Crippen LogP contribution in [0.4, 0.5) is 0 Å². The third-order valence-electron chi connectivity index (χ3n) is 5.19. The Bertz CT molecular complexity index is 536. The van der Waals surface area contributed by atoms with Crippen molar-refractivity contribution < 1.29 is 0 Å². The molecule has 0 spiro atoms. The number of rotatable bonds is 10. The number of benzene rings is 1. The summed E-state index contributed by atoms with van der Waals surface area (Å²) < 4.78 is 6.46. The molecule has 122 valence electrons. The first kappa shape index (κ1) is 17.9. The van der Waals surface area contributed by atoms with Crippen molar-refractivity contribution in [3.05, 3.63) is 30.5 Å². The van der Waals surface area contributed by atoms with Gasteiger partial charge in [0, 0.05) is 0 Å². The maximum absolute atomic E-state index is 3.35. The van der Waals surface area contributed by atoms with Crippen molar-refractivity contribution in [3.63, 3.8) is 0 Å². The summed E-state index contributed by atoms with van der Waals surface area (Å²) in [6, 6.07) is 9.61. The second kappa shape index (κ2) is 9.00. The Morgan fingerprint density at radius 2 is 1.41 bits per heavy atom. The molecule has 0 amide bonds. The van der Waals surface area contributed by atoms with Gasteiger partial charge < -0.3 is 0 Å². The van der Waals surface area contributed by atoms with Gasteiger partial charge in [-0.3, -0.25) is 0 Å². The summed E-state index contributed by atoms with van der Waals surface area (Å²) in [5.41, 5.74) is 1.30. The van der Waals surface area contributed by atoms with E-state index in [1.165, 1.54) is 49.4 Å². The zero-order chi connectivity index (χ0) is 15.8. The van der Waals surface area contributed by atoms with Gasteiger partial charge in [-0.1, -0.05) is 0 Å². The van der Waals surface area contributed by atoms with Gasteiger partial charge in [0.1, 0.15) is 0 Å². The quantitative estimate of drug-likeness (QED) is 0.451. The summed E-state index contributed by atoms with van der Waals surface area (Å²) in [5, 5.41) is 1.42. The molecular weight excluding hydrogens is 373 g/mol. The maximum atomic E-state index is 3.35. The summed E-state index contributed by atoms with van der Waals surface area (Å²) in [7, 11) is 0. The van der Waals surface area contributed by atoms with Crippen LogP contribution in [0.3, 0.4) is 0 Å². The second-order valence-electron chi connectivity index (χ2n) is 6.87. The summed E-state index contributed by atoms with van der Waals surface area (Å²) in [4.78, 5) is 3.35. The predicted molar refractivity (Wildman–Crippen MR) is 103 cm³/mol. The molecule has 0 aliphatic heterocycles. The number of H-pyrrole nitrogens is 1. The number of unbranched alkanes of at least 4 members (excludes halogenated alkanes) is 3. The van der Waals surface area contributed by atoms with E-state index in [-0.39, 0.29) is 0 Å². The molecule has 0 saturated heterocycles. The van der Waals surface area contributed by atoms with E-state index in [0.29, 0.717) is 0 Å². The van der Waals surface area contributed by atoms with Gasteiger partial charge in [-0.2, -0.15) is 0 Å². The number of aromatic nitrogens is 1. The number of aromatic amines is 1. The molecule has 1 N–H and O–H groups in total. The van der Waals surface area contributed by atoms with Crippen molar-refractivity contribution in [2.75, 3.05) is 0 Å². The van der Waals surface area contributed by atoms with Crippen molar-refractivity contribution in [1.82, 2.24) is 4.98 Å². The zero-order valence-electron chi connectivity index (χ0n) is 14.8. The van der Waals surface area contributed by atoms with Crippen molar-refractivity contribution in [2.45, 2.75) is 72.6 Å². The summed E-state index contributed by atoms with van der Waals surface area (Å²) in [5.74, 6) is 0. The fourth-order valence-corrected chi connectivity index (χ4v) is 19.7. The molecule has 0 atom stereocenters. The van der Waals surface area contributed by atoms with Crippen LogP contribution in [0.1, 0.15) is 59.3 Å². The molecule has 22 heavy (non-hydrogen) atoms. The van der Waals surface area contributed by atoms with E-state index in [1.54, 1.807) is 16.9 Å². The van der Waals surface area contributed by atoms with Gasteiger partial charge in [0.05, 0.1) is 0 Å². The third-order valence-corrected chi connectivity index (χ3v) is 20.8. The number of hydrogen-bond acceptors (Lipinski definition) is 0. The molecule has 1 nitrogen and oxygen atoms in total. The van der Waals surface area contributed by atoms with Crippen molar-refractivity contribution in [1.29, 1.82) is 0 Å². The summed E-state index contributed by atoms with van der Waals surface area (Å²) >= 11 is -2.23. The van der Waals surface area contributed by atoms with Gasteiger partial charge >= 0.3 is 141 Å². The van der Waals surface area contributed by atoms with Gasteiger partial charge in [-0.05, 0) is 0 Å². The van der Waals surface area contributed by atoms with Gasteiger partial charge in [0.25, 0.3) is 0 Å². The first-order valence-electron chi connectivity index (χ1n) is 9.33. The number of hydrogen-bond donors (Lipinski definition) is 1. The van der Waals surface area contributed by atoms with Crippen LogP contribution in [0.15, 0.2) is 30.5 Å². The van der Waals surface area contributed by atoms with Crippen molar-refractivity contribution >= 4 is 32.9 Å². The normalized spacial score (nSPS) is 12.1. The molecule has 0 unspecified atom stereocenters. The average Bonchev–Trinajstić information content (AvgIpc) is 3.02. The number of nitrogens with one attached hydrogen (secondary N) is 1. The molecule has 0 aliphatic carbocycles. The predicted octanol–water partition coefficient (Wildman–Crippen LogP) is 6.22. The van der Waals surface area contributed by atoms with Crippen LogP contribution in [0.5, 0.6) is 0 Å². The molecule has 0 saturated carbocycles. The van der Waals surface area contributed by atoms with E-state index >= 15 is 0 Å². The molecular formula is C20H33NSn. The molecule has 1 heterocycles. The molecule has 2 aromatic rings. The van der Waals surface area contributed by atoms with Crippen LogP contribution in [-0.4, -0.2) is 23.4 Å². The van der Waals surface area contributed by atoms with Gasteiger partial charge in [-0.25, -0.2) is 0 Å². The first-order chi connectivity index (χ1) is 10.8. The first-order valence-corrected chi connectivity index (χ1v) is 16.8. The molecule has 0 bridgehead atoms. The Balaban J connectivity index is 2.36. The van der Waals surface area contributed by atoms with Crippen LogP contribution in [0.2, 0.25) is 13.3 Å². The Labute approximate surface area is 140 Å². The fourth-order valence-electron chi connectivity index (χ4n) is 3.74. The van der Waals surface area contributed by atoms with Gasteiger partial charge in [0.2, 0.25) is 0 Å². The van der Waals surface area contributed by atoms with E-state index in [9.17, 15) is 0 Å². The Morgan fingerprint density at radius 1 is 0.818 bits per heavy atom. The molecule has 0 fully saturated rings. The third kappa shape index (κ3) is 4.30. The molecule has 1 aromatic heterocycles. The monoisotopic (exact) mass is 407 g/mol. The van der Waals surface area contributed by atoms with Crippen molar-refractivity contribution in [2.24, 2.45) is 0 Å². The molecule has 2 heteroatoms. The van der Waals surface area contributed by atoms with E-state index in [4.69, 9.17) is 0 Å². The number of fused-ring (bicyclic) bond motifs is 1.